The first-order valence-corrected chi connectivity index (χ1v) is 7.43. The number of carboxylic acids is 1. The maximum atomic E-state index is 12.2. The summed E-state index contributed by atoms with van der Waals surface area (Å²) in [7, 11) is -3.81. The summed E-state index contributed by atoms with van der Waals surface area (Å²) in [5.41, 5.74) is 0.260. The molecule has 1 aromatic heterocycles. The first-order chi connectivity index (χ1) is 8.77. The Bertz CT molecular complexity index is 530. The smallest absolute Gasteiger partial charge is 0.304 e. The van der Waals surface area contributed by atoms with Crippen molar-refractivity contribution in [1.29, 1.82) is 0 Å². The maximum Gasteiger partial charge on any atom is 0.304 e. The lowest BCUT2D eigenvalue weighted by Crippen LogP contribution is -2.36. The van der Waals surface area contributed by atoms with E-state index in [2.05, 4.69) is 9.88 Å². The Morgan fingerprint density at radius 2 is 2.11 bits per heavy atom. The molecule has 0 saturated carbocycles. The van der Waals surface area contributed by atoms with Gasteiger partial charge >= 0.3 is 5.97 Å². The van der Waals surface area contributed by atoms with Crippen molar-refractivity contribution in [3.63, 3.8) is 0 Å². The van der Waals surface area contributed by atoms with Crippen LogP contribution in [0.1, 0.15) is 37.6 Å². The summed E-state index contributed by atoms with van der Waals surface area (Å²) in [6, 6.07) is -0.638. The van der Waals surface area contributed by atoms with Crippen LogP contribution in [0.2, 0.25) is 0 Å². The molecule has 0 radical (unpaired) electrons. The molecular formula is C11H18N2O5S. The molecule has 0 amide bonds. The molecule has 0 aliphatic rings. The van der Waals surface area contributed by atoms with Crippen molar-refractivity contribution in [2.45, 2.75) is 51.0 Å². The highest BCUT2D eigenvalue weighted by molar-refractivity contribution is 7.89. The number of hydrogen-bond acceptors (Lipinski definition) is 5. The number of hydrogen-bond donors (Lipinski definition) is 2. The normalized spacial score (nSPS) is 13.4. The van der Waals surface area contributed by atoms with E-state index in [0.717, 1.165) is 0 Å². The van der Waals surface area contributed by atoms with Crippen molar-refractivity contribution < 1.29 is 22.8 Å². The van der Waals surface area contributed by atoms with Crippen LogP contribution < -0.4 is 4.72 Å². The van der Waals surface area contributed by atoms with Crippen LogP contribution in [0.25, 0.3) is 0 Å². The Balaban J connectivity index is 2.97. The number of carbonyl (C=O) groups is 1. The molecule has 0 spiro atoms. The Morgan fingerprint density at radius 1 is 1.47 bits per heavy atom. The molecular weight excluding hydrogens is 272 g/mol. The summed E-state index contributed by atoms with van der Waals surface area (Å²) < 4.78 is 31.6. The van der Waals surface area contributed by atoms with Crippen LogP contribution >= 0.6 is 0 Å². The molecule has 7 nitrogen and oxygen atoms in total. The van der Waals surface area contributed by atoms with Gasteiger partial charge in [0.1, 0.15) is 10.6 Å². The minimum atomic E-state index is -3.81. The quantitative estimate of drug-likeness (QED) is 0.781. The summed E-state index contributed by atoms with van der Waals surface area (Å²) in [5, 5.41) is 12.4. The van der Waals surface area contributed by atoms with Crippen LogP contribution in [0.5, 0.6) is 0 Å². The van der Waals surface area contributed by atoms with Crippen LogP contribution in [-0.2, 0) is 14.8 Å². The number of carboxylic acid groups (broad SMARTS) is 1. The third-order valence-corrected chi connectivity index (χ3v) is 4.38. The minimum Gasteiger partial charge on any atom is -0.481 e. The van der Waals surface area contributed by atoms with E-state index in [4.69, 9.17) is 9.63 Å². The number of sulfonamides is 1. The molecule has 0 fully saturated rings. The van der Waals surface area contributed by atoms with Gasteiger partial charge in [-0.1, -0.05) is 18.5 Å². The van der Waals surface area contributed by atoms with Crippen molar-refractivity contribution in [1.82, 2.24) is 9.88 Å². The molecule has 1 unspecified atom stereocenters. The Kier molecular flexibility index (Phi) is 5.07. The molecule has 0 aliphatic carbocycles. The van der Waals surface area contributed by atoms with E-state index in [-0.39, 0.29) is 22.8 Å². The van der Waals surface area contributed by atoms with E-state index < -0.39 is 22.0 Å². The SMILES string of the molecule is CCCC(CC(=O)O)NS(=O)(=O)c1c(C)noc1C. The Hall–Kier alpha value is -1.41. The number of aryl methyl sites for hydroxylation is 2. The van der Waals surface area contributed by atoms with E-state index in [0.29, 0.717) is 12.8 Å². The lowest BCUT2D eigenvalue weighted by Gasteiger charge is -2.15. The van der Waals surface area contributed by atoms with Crippen molar-refractivity contribution >= 4 is 16.0 Å². The average molecular weight is 290 g/mol. The average Bonchev–Trinajstić information content (AvgIpc) is 2.57. The fraction of sp³-hybridized carbons (Fsp3) is 0.636. The van der Waals surface area contributed by atoms with Gasteiger partial charge in [0.2, 0.25) is 10.0 Å². The van der Waals surface area contributed by atoms with Gasteiger partial charge in [0.25, 0.3) is 0 Å². The second-order valence-corrected chi connectivity index (χ2v) is 6.01. The second-order valence-electron chi connectivity index (χ2n) is 4.36. The van der Waals surface area contributed by atoms with Crippen molar-refractivity contribution in [2.24, 2.45) is 0 Å². The molecule has 1 rings (SSSR count). The predicted molar refractivity (Wildman–Crippen MR) is 67.2 cm³/mol. The number of nitrogens with zero attached hydrogens (tertiary/aromatic N) is 1. The van der Waals surface area contributed by atoms with Crippen LogP contribution in [-0.4, -0.2) is 30.7 Å². The summed E-state index contributed by atoms with van der Waals surface area (Å²) in [6.07, 6.45) is 0.882. The summed E-state index contributed by atoms with van der Waals surface area (Å²) in [4.78, 5) is 10.7. The van der Waals surface area contributed by atoms with Gasteiger partial charge < -0.3 is 9.63 Å². The van der Waals surface area contributed by atoms with Crippen molar-refractivity contribution in [3.05, 3.63) is 11.5 Å². The van der Waals surface area contributed by atoms with Gasteiger partial charge in [0.15, 0.2) is 5.76 Å². The third-order valence-electron chi connectivity index (χ3n) is 2.62. The first-order valence-electron chi connectivity index (χ1n) is 5.95. The zero-order valence-corrected chi connectivity index (χ0v) is 12.0. The molecule has 0 saturated heterocycles. The zero-order chi connectivity index (χ0) is 14.6. The fourth-order valence-corrected chi connectivity index (χ4v) is 3.50. The van der Waals surface area contributed by atoms with Gasteiger partial charge in [-0.3, -0.25) is 4.79 Å². The van der Waals surface area contributed by atoms with Crippen LogP contribution in [0, 0.1) is 13.8 Å². The van der Waals surface area contributed by atoms with E-state index in [1.807, 2.05) is 6.92 Å². The summed E-state index contributed by atoms with van der Waals surface area (Å²) >= 11 is 0. The molecule has 8 heteroatoms. The molecule has 108 valence electrons. The predicted octanol–water partition coefficient (Wildman–Crippen LogP) is 1.21. The van der Waals surface area contributed by atoms with Gasteiger partial charge in [-0.25, -0.2) is 13.1 Å². The highest BCUT2D eigenvalue weighted by Crippen LogP contribution is 2.19. The monoisotopic (exact) mass is 290 g/mol. The van der Waals surface area contributed by atoms with Crippen LogP contribution in [0.4, 0.5) is 0 Å². The number of rotatable bonds is 7. The van der Waals surface area contributed by atoms with Gasteiger partial charge in [-0.05, 0) is 20.3 Å². The molecule has 0 aromatic carbocycles. The Morgan fingerprint density at radius 3 is 2.53 bits per heavy atom. The number of nitrogens with one attached hydrogen (secondary N) is 1. The fourth-order valence-electron chi connectivity index (χ4n) is 1.90. The topological polar surface area (TPSA) is 110 Å². The zero-order valence-electron chi connectivity index (χ0n) is 11.1. The Labute approximate surface area is 112 Å². The second kappa shape index (κ2) is 6.16. The largest absolute Gasteiger partial charge is 0.481 e. The highest BCUT2D eigenvalue weighted by atomic mass is 32.2. The molecule has 0 aliphatic heterocycles. The molecule has 0 bridgehead atoms. The lowest BCUT2D eigenvalue weighted by atomic mass is 10.1. The molecule has 1 heterocycles. The standard InChI is InChI=1S/C11H18N2O5S/c1-4-5-9(6-10(14)15)13-19(16,17)11-7(2)12-18-8(11)3/h9,13H,4-6H2,1-3H3,(H,14,15). The highest BCUT2D eigenvalue weighted by Gasteiger charge is 2.27. The number of aromatic nitrogens is 1. The first kappa shape index (κ1) is 15.6. The van der Waals surface area contributed by atoms with E-state index >= 15 is 0 Å². The molecule has 2 N–H and O–H groups in total. The van der Waals surface area contributed by atoms with Gasteiger partial charge in [0, 0.05) is 6.04 Å². The summed E-state index contributed by atoms with van der Waals surface area (Å²) in [6.45, 7) is 4.89. The third kappa shape index (κ3) is 4.03. The molecule has 1 aromatic rings. The molecule has 19 heavy (non-hydrogen) atoms. The summed E-state index contributed by atoms with van der Waals surface area (Å²) in [5.74, 6) is -0.851. The van der Waals surface area contributed by atoms with E-state index in [1.54, 1.807) is 0 Å². The van der Waals surface area contributed by atoms with E-state index in [9.17, 15) is 13.2 Å². The van der Waals surface area contributed by atoms with Gasteiger partial charge in [0.05, 0.1) is 6.42 Å². The molecule has 1 atom stereocenters. The minimum absolute atomic E-state index is 0.0148. The lowest BCUT2D eigenvalue weighted by molar-refractivity contribution is -0.137. The van der Waals surface area contributed by atoms with E-state index in [1.165, 1.54) is 13.8 Å². The number of aliphatic carboxylic acids is 1. The van der Waals surface area contributed by atoms with Gasteiger partial charge in [-0.2, -0.15) is 0 Å². The van der Waals surface area contributed by atoms with Crippen molar-refractivity contribution in [3.8, 4) is 0 Å². The maximum absolute atomic E-state index is 12.2. The van der Waals surface area contributed by atoms with Gasteiger partial charge in [-0.15, -0.1) is 0 Å². The van der Waals surface area contributed by atoms with Crippen molar-refractivity contribution in [2.75, 3.05) is 0 Å². The van der Waals surface area contributed by atoms with Crippen LogP contribution in [0.3, 0.4) is 0 Å². The van der Waals surface area contributed by atoms with Crippen LogP contribution in [0.15, 0.2) is 9.42 Å².